The summed E-state index contributed by atoms with van der Waals surface area (Å²) in [6.45, 7) is 1.18. The topological polar surface area (TPSA) is 92.5 Å². The fourth-order valence-corrected chi connectivity index (χ4v) is 1.85. The smallest absolute Gasteiger partial charge is 0.335 e. The Morgan fingerprint density at radius 3 is 1.90 bits per heavy atom. The highest BCUT2D eigenvalue weighted by molar-refractivity contribution is 5.87. The van der Waals surface area contributed by atoms with Crippen molar-refractivity contribution in [2.75, 3.05) is 0 Å². The zero-order valence-corrected chi connectivity index (χ0v) is 11.2. The van der Waals surface area contributed by atoms with Crippen LogP contribution in [0.15, 0.2) is 48.5 Å². The van der Waals surface area contributed by atoms with Gasteiger partial charge in [-0.15, -0.1) is 0 Å². The normalized spacial score (nSPS) is 10.3. The maximum Gasteiger partial charge on any atom is 0.335 e. The minimum absolute atomic E-state index is 0.0722. The van der Waals surface area contributed by atoms with Gasteiger partial charge in [0, 0.05) is 25.2 Å². The monoisotopic (exact) mass is 286 g/mol. The molecular weight excluding hydrogens is 272 g/mol. The highest BCUT2D eigenvalue weighted by Crippen LogP contribution is 2.12. The van der Waals surface area contributed by atoms with Gasteiger partial charge in [-0.25, -0.2) is 4.79 Å². The van der Waals surface area contributed by atoms with Crippen LogP contribution < -0.4 is 5.32 Å². The number of non-ortho nitro benzene ring substituents is 1. The number of carbonyl (C=O) groups is 1. The van der Waals surface area contributed by atoms with E-state index in [1.54, 1.807) is 36.4 Å². The molecule has 0 radical (unpaired) electrons. The molecule has 0 fully saturated rings. The predicted octanol–water partition coefficient (Wildman–Crippen LogP) is 2.58. The SMILES string of the molecule is O=C(O)c1ccc(CNCc2ccc([N+](=O)[O-])cc2)cc1. The number of nitro groups is 1. The van der Waals surface area contributed by atoms with Crippen molar-refractivity contribution in [1.29, 1.82) is 0 Å². The molecule has 0 atom stereocenters. The van der Waals surface area contributed by atoms with Crippen LogP contribution in [0.25, 0.3) is 0 Å². The van der Waals surface area contributed by atoms with Crippen LogP contribution in [0.5, 0.6) is 0 Å². The number of carboxylic acids is 1. The molecule has 0 aromatic heterocycles. The molecule has 2 aromatic rings. The molecule has 0 amide bonds. The molecule has 21 heavy (non-hydrogen) atoms. The fourth-order valence-electron chi connectivity index (χ4n) is 1.85. The van der Waals surface area contributed by atoms with Crippen molar-refractivity contribution < 1.29 is 14.8 Å². The third-order valence-corrected chi connectivity index (χ3v) is 3.01. The Balaban J connectivity index is 1.86. The Morgan fingerprint density at radius 1 is 1.00 bits per heavy atom. The molecule has 0 unspecified atom stereocenters. The molecule has 0 bridgehead atoms. The Morgan fingerprint density at radius 2 is 1.48 bits per heavy atom. The van der Waals surface area contributed by atoms with Crippen molar-refractivity contribution in [2.45, 2.75) is 13.1 Å². The molecule has 2 aromatic carbocycles. The Labute approximate surface area is 121 Å². The lowest BCUT2D eigenvalue weighted by Gasteiger charge is -2.05. The Hall–Kier alpha value is -2.73. The molecule has 2 N–H and O–H groups in total. The summed E-state index contributed by atoms with van der Waals surface area (Å²) in [6, 6.07) is 13.0. The highest BCUT2D eigenvalue weighted by Gasteiger charge is 2.04. The van der Waals surface area contributed by atoms with Gasteiger partial charge in [-0.3, -0.25) is 10.1 Å². The zero-order valence-electron chi connectivity index (χ0n) is 11.2. The van der Waals surface area contributed by atoms with E-state index in [1.807, 2.05) is 0 Å². The number of hydrogen-bond donors (Lipinski definition) is 2. The van der Waals surface area contributed by atoms with Crippen LogP contribution in [0.3, 0.4) is 0 Å². The van der Waals surface area contributed by atoms with E-state index in [4.69, 9.17) is 5.11 Å². The fraction of sp³-hybridized carbons (Fsp3) is 0.133. The lowest BCUT2D eigenvalue weighted by atomic mass is 10.1. The molecule has 0 aliphatic rings. The van der Waals surface area contributed by atoms with Crippen molar-refractivity contribution in [2.24, 2.45) is 0 Å². The molecule has 0 saturated heterocycles. The van der Waals surface area contributed by atoms with Gasteiger partial charge in [-0.1, -0.05) is 24.3 Å². The maximum atomic E-state index is 10.7. The van der Waals surface area contributed by atoms with E-state index in [9.17, 15) is 14.9 Å². The first-order chi connectivity index (χ1) is 10.1. The summed E-state index contributed by atoms with van der Waals surface area (Å²) in [5.74, 6) is -0.944. The molecule has 2 rings (SSSR count). The van der Waals surface area contributed by atoms with Crippen LogP contribution in [-0.2, 0) is 13.1 Å². The highest BCUT2D eigenvalue weighted by atomic mass is 16.6. The van der Waals surface area contributed by atoms with Gasteiger partial charge >= 0.3 is 5.97 Å². The van der Waals surface area contributed by atoms with Crippen molar-refractivity contribution in [3.05, 3.63) is 75.3 Å². The van der Waals surface area contributed by atoms with Crippen LogP contribution in [0.2, 0.25) is 0 Å². The van der Waals surface area contributed by atoms with Crippen molar-refractivity contribution in [3.8, 4) is 0 Å². The Kier molecular flexibility index (Phi) is 4.63. The molecule has 108 valence electrons. The van der Waals surface area contributed by atoms with Gasteiger partial charge in [-0.05, 0) is 23.3 Å². The summed E-state index contributed by atoms with van der Waals surface area (Å²) in [7, 11) is 0. The molecular formula is C15H14N2O4. The minimum Gasteiger partial charge on any atom is -0.478 e. The summed E-state index contributed by atoms with van der Waals surface area (Å²) >= 11 is 0. The number of aromatic carboxylic acids is 1. The van der Waals surface area contributed by atoms with Gasteiger partial charge in [0.15, 0.2) is 0 Å². The lowest BCUT2D eigenvalue weighted by Crippen LogP contribution is -2.12. The van der Waals surface area contributed by atoms with Crippen molar-refractivity contribution in [1.82, 2.24) is 5.32 Å². The first-order valence-corrected chi connectivity index (χ1v) is 6.32. The second kappa shape index (κ2) is 6.62. The number of nitrogens with zero attached hydrogens (tertiary/aromatic N) is 1. The van der Waals surface area contributed by atoms with Crippen LogP contribution >= 0.6 is 0 Å². The third-order valence-electron chi connectivity index (χ3n) is 3.01. The van der Waals surface area contributed by atoms with E-state index in [1.165, 1.54) is 12.1 Å². The van der Waals surface area contributed by atoms with Crippen molar-refractivity contribution in [3.63, 3.8) is 0 Å². The van der Waals surface area contributed by atoms with Gasteiger partial charge in [-0.2, -0.15) is 0 Å². The standard InChI is InChI=1S/C15H14N2O4/c18-15(19)13-5-1-11(2-6-13)9-16-10-12-3-7-14(8-4-12)17(20)21/h1-8,16H,9-10H2,(H,18,19). The Bertz CT molecular complexity index is 578. The molecule has 0 saturated carbocycles. The molecule has 0 aliphatic carbocycles. The molecule has 0 spiro atoms. The number of nitrogens with one attached hydrogen (secondary N) is 1. The van der Waals surface area contributed by atoms with E-state index in [0.29, 0.717) is 13.1 Å². The average molecular weight is 286 g/mol. The van der Waals surface area contributed by atoms with E-state index in [-0.39, 0.29) is 11.3 Å². The van der Waals surface area contributed by atoms with E-state index in [2.05, 4.69) is 5.32 Å². The van der Waals surface area contributed by atoms with Gasteiger partial charge < -0.3 is 10.4 Å². The van der Waals surface area contributed by atoms with Crippen LogP contribution in [-0.4, -0.2) is 16.0 Å². The second-order valence-electron chi connectivity index (χ2n) is 4.53. The zero-order chi connectivity index (χ0) is 15.2. The number of hydrogen-bond acceptors (Lipinski definition) is 4. The average Bonchev–Trinajstić information content (AvgIpc) is 2.48. The number of rotatable bonds is 6. The van der Waals surface area contributed by atoms with E-state index in [0.717, 1.165) is 11.1 Å². The predicted molar refractivity (Wildman–Crippen MR) is 77.0 cm³/mol. The second-order valence-corrected chi connectivity index (χ2v) is 4.53. The lowest BCUT2D eigenvalue weighted by molar-refractivity contribution is -0.384. The first kappa shape index (κ1) is 14.7. The van der Waals surface area contributed by atoms with E-state index >= 15 is 0 Å². The first-order valence-electron chi connectivity index (χ1n) is 6.32. The summed E-state index contributed by atoms with van der Waals surface area (Å²) in [5.41, 5.74) is 2.25. The quantitative estimate of drug-likeness (QED) is 0.629. The van der Waals surface area contributed by atoms with Crippen LogP contribution in [0.4, 0.5) is 5.69 Å². The van der Waals surface area contributed by atoms with Crippen LogP contribution in [0, 0.1) is 10.1 Å². The largest absolute Gasteiger partial charge is 0.478 e. The summed E-state index contributed by atoms with van der Waals surface area (Å²) in [5, 5.41) is 22.5. The number of benzene rings is 2. The van der Waals surface area contributed by atoms with Gasteiger partial charge in [0.2, 0.25) is 0 Å². The molecule has 0 aliphatic heterocycles. The number of carboxylic acid groups (broad SMARTS) is 1. The minimum atomic E-state index is -0.944. The van der Waals surface area contributed by atoms with Gasteiger partial charge in [0.25, 0.3) is 5.69 Å². The van der Waals surface area contributed by atoms with Gasteiger partial charge in [0.1, 0.15) is 0 Å². The van der Waals surface area contributed by atoms with E-state index < -0.39 is 10.9 Å². The van der Waals surface area contributed by atoms with Crippen molar-refractivity contribution >= 4 is 11.7 Å². The number of nitro benzene ring substituents is 1. The molecule has 6 nitrogen and oxygen atoms in total. The molecule has 0 heterocycles. The summed E-state index contributed by atoms with van der Waals surface area (Å²) < 4.78 is 0. The maximum absolute atomic E-state index is 10.7. The third kappa shape index (κ3) is 4.12. The molecule has 6 heteroatoms. The summed E-state index contributed by atoms with van der Waals surface area (Å²) in [6.07, 6.45) is 0. The van der Waals surface area contributed by atoms with Crippen LogP contribution in [0.1, 0.15) is 21.5 Å². The van der Waals surface area contributed by atoms with Gasteiger partial charge in [0.05, 0.1) is 10.5 Å². The summed E-state index contributed by atoms with van der Waals surface area (Å²) in [4.78, 5) is 20.8.